The summed E-state index contributed by atoms with van der Waals surface area (Å²) in [6.07, 6.45) is 4.06. The first-order chi connectivity index (χ1) is 8.24. The zero-order valence-corrected chi connectivity index (χ0v) is 10.1. The number of Topliss-reactive ketones (excluding diaryl/α,β-unsaturated/α-hetero) is 1. The summed E-state index contributed by atoms with van der Waals surface area (Å²) in [5, 5.41) is 0. The molecule has 0 bridgehead atoms. The van der Waals surface area contributed by atoms with Gasteiger partial charge in [-0.15, -0.1) is 11.8 Å². The van der Waals surface area contributed by atoms with Crippen molar-refractivity contribution in [1.82, 2.24) is 4.90 Å². The van der Waals surface area contributed by atoms with E-state index in [2.05, 4.69) is 4.98 Å². The van der Waals surface area contributed by atoms with Crippen molar-refractivity contribution < 1.29 is 14.6 Å². The number of pyridine rings is 1. The van der Waals surface area contributed by atoms with Gasteiger partial charge >= 0.3 is 0 Å². The van der Waals surface area contributed by atoms with Crippen LogP contribution < -0.4 is 4.98 Å². The molecular weight excluding hydrogens is 236 g/mol. The summed E-state index contributed by atoms with van der Waals surface area (Å²) < 4.78 is 0. The van der Waals surface area contributed by atoms with Crippen LogP contribution in [0, 0.1) is 0 Å². The lowest BCUT2D eigenvalue weighted by molar-refractivity contribution is -0.382. The van der Waals surface area contributed by atoms with E-state index in [0.717, 1.165) is 11.4 Å². The molecule has 2 aliphatic heterocycles. The Morgan fingerprint density at radius 3 is 3.00 bits per heavy atom. The number of aromatic amines is 1. The van der Waals surface area contributed by atoms with Crippen LogP contribution >= 0.6 is 11.8 Å². The normalized spacial score (nSPS) is 18.5. The third kappa shape index (κ3) is 1.35. The van der Waals surface area contributed by atoms with Crippen LogP contribution in [0.4, 0.5) is 0 Å². The Labute approximate surface area is 103 Å². The fourth-order valence-electron chi connectivity index (χ4n) is 2.31. The van der Waals surface area contributed by atoms with Crippen LogP contribution in [0.1, 0.15) is 22.5 Å². The third-order valence-corrected chi connectivity index (χ3v) is 3.90. The van der Waals surface area contributed by atoms with E-state index in [1.807, 2.05) is 6.26 Å². The zero-order chi connectivity index (χ0) is 12.0. The molecule has 0 atom stereocenters. The molecule has 0 aliphatic carbocycles. The summed E-state index contributed by atoms with van der Waals surface area (Å²) in [6.45, 7) is 0.486. The maximum atomic E-state index is 12.2. The number of ketones is 1. The summed E-state index contributed by atoms with van der Waals surface area (Å²) in [5.74, 6) is 0.118. The smallest absolute Gasteiger partial charge is 0.265 e. The Balaban J connectivity index is 2.29. The molecule has 3 heterocycles. The Morgan fingerprint density at radius 1 is 1.41 bits per heavy atom. The van der Waals surface area contributed by atoms with Crippen molar-refractivity contribution in [3.63, 3.8) is 0 Å². The number of allylic oxidation sites excluding steroid dienone is 1. The van der Waals surface area contributed by atoms with Gasteiger partial charge < -0.3 is 4.90 Å². The summed E-state index contributed by atoms with van der Waals surface area (Å²) in [4.78, 5) is 29.5. The van der Waals surface area contributed by atoms with E-state index >= 15 is 0 Å². The summed E-state index contributed by atoms with van der Waals surface area (Å²) in [7, 11) is 0. The van der Waals surface area contributed by atoms with Crippen LogP contribution in [-0.2, 0) is 4.79 Å². The molecule has 0 spiro atoms. The number of aromatic nitrogens is 1. The van der Waals surface area contributed by atoms with Gasteiger partial charge in [-0.1, -0.05) is 0 Å². The minimum Gasteiger partial charge on any atom is -0.301 e. The molecule has 3 rings (SSSR count). The summed E-state index contributed by atoms with van der Waals surface area (Å²) in [6, 6.07) is 3.60. The molecule has 0 saturated carbocycles. The highest BCUT2D eigenvalue weighted by Gasteiger charge is 2.42. The molecule has 2 aliphatic rings. The molecule has 0 radical (unpaired) electrons. The van der Waals surface area contributed by atoms with Crippen molar-refractivity contribution >= 4 is 29.1 Å². The lowest BCUT2D eigenvalue weighted by atomic mass is 10.1. The standard InChI is InChI=1S/C12H10N2O2S/c1-17-11-8(15)4-6-14-10(11)9-7(12(14)16)3-2-5-13-9/h2-3,5H,4,6H2,1H3/p+1. The highest BCUT2D eigenvalue weighted by molar-refractivity contribution is 8.03. The maximum Gasteiger partial charge on any atom is 0.265 e. The van der Waals surface area contributed by atoms with Gasteiger partial charge in [-0.05, 0) is 12.3 Å². The molecule has 0 aromatic carbocycles. The number of nitrogens with one attached hydrogen (secondary N) is 1. The van der Waals surface area contributed by atoms with Crippen molar-refractivity contribution in [2.45, 2.75) is 6.42 Å². The van der Waals surface area contributed by atoms with Gasteiger partial charge in [-0.2, -0.15) is 0 Å². The van der Waals surface area contributed by atoms with Gasteiger partial charge in [-0.3, -0.25) is 9.59 Å². The van der Waals surface area contributed by atoms with Crippen LogP contribution in [-0.4, -0.2) is 29.4 Å². The second kappa shape index (κ2) is 3.70. The number of carbonyl (C=O) groups excluding carboxylic acids is 2. The molecule has 1 aromatic heterocycles. The molecule has 0 unspecified atom stereocenters. The Bertz CT molecular complexity index is 565. The van der Waals surface area contributed by atoms with Crippen molar-refractivity contribution in [2.24, 2.45) is 0 Å². The first kappa shape index (κ1) is 10.5. The molecule has 86 valence electrons. The average Bonchev–Trinajstić information content (AvgIpc) is 2.64. The second-order valence-electron chi connectivity index (χ2n) is 3.97. The van der Waals surface area contributed by atoms with E-state index < -0.39 is 0 Å². The van der Waals surface area contributed by atoms with Crippen LogP contribution in [0.3, 0.4) is 0 Å². The number of amides is 1. The van der Waals surface area contributed by atoms with Crippen molar-refractivity contribution in [2.75, 3.05) is 12.8 Å². The first-order valence-electron chi connectivity index (χ1n) is 5.38. The van der Waals surface area contributed by atoms with E-state index in [-0.39, 0.29) is 11.7 Å². The second-order valence-corrected chi connectivity index (χ2v) is 4.79. The number of nitrogens with zero attached hydrogens (tertiary/aromatic N) is 1. The molecule has 17 heavy (non-hydrogen) atoms. The van der Waals surface area contributed by atoms with E-state index in [9.17, 15) is 9.59 Å². The molecule has 1 N–H and O–H groups in total. The topological polar surface area (TPSA) is 51.5 Å². The molecule has 4 nitrogen and oxygen atoms in total. The molecule has 0 saturated heterocycles. The Kier molecular flexibility index (Phi) is 2.29. The zero-order valence-electron chi connectivity index (χ0n) is 9.32. The predicted molar refractivity (Wildman–Crippen MR) is 64.1 cm³/mol. The SMILES string of the molecule is CSC1=C2c3[nH+]cccc3C(=O)N2CCC1=O. The van der Waals surface area contributed by atoms with Crippen molar-refractivity contribution in [1.29, 1.82) is 0 Å². The Morgan fingerprint density at radius 2 is 2.24 bits per heavy atom. The van der Waals surface area contributed by atoms with Crippen LogP contribution in [0.2, 0.25) is 0 Å². The number of hydrogen-bond acceptors (Lipinski definition) is 3. The van der Waals surface area contributed by atoms with Crippen LogP contribution in [0.5, 0.6) is 0 Å². The predicted octanol–water partition coefficient (Wildman–Crippen LogP) is 0.961. The summed E-state index contributed by atoms with van der Waals surface area (Å²) in [5.41, 5.74) is 2.19. The van der Waals surface area contributed by atoms with Gasteiger partial charge in [0.15, 0.2) is 12.0 Å². The molecule has 1 amide bonds. The van der Waals surface area contributed by atoms with Crippen LogP contribution in [0.25, 0.3) is 5.70 Å². The highest BCUT2D eigenvalue weighted by Crippen LogP contribution is 2.38. The van der Waals surface area contributed by atoms with Crippen LogP contribution in [0.15, 0.2) is 23.2 Å². The molecular formula is C12H11N2O2S+. The largest absolute Gasteiger partial charge is 0.301 e. The van der Waals surface area contributed by atoms with E-state index in [1.54, 1.807) is 23.2 Å². The number of H-pyrrole nitrogens is 1. The summed E-state index contributed by atoms with van der Waals surface area (Å²) >= 11 is 1.41. The number of carbonyl (C=O) groups is 2. The number of rotatable bonds is 1. The van der Waals surface area contributed by atoms with Crippen molar-refractivity contribution in [3.8, 4) is 0 Å². The maximum absolute atomic E-state index is 12.2. The van der Waals surface area contributed by atoms with E-state index in [1.165, 1.54) is 11.8 Å². The lowest BCUT2D eigenvalue weighted by Gasteiger charge is -2.23. The van der Waals surface area contributed by atoms with Gasteiger partial charge in [0.2, 0.25) is 5.69 Å². The van der Waals surface area contributed by atoms with Gasteiger partial charge in [0, 0.05) is 19.0 Å². The fraction of sp³-hybridized carbons (Fsp3) is 0.250. The number of thioether (sulfide) groups is 1. The molecule has 0 fully saturated rings. The van der Waals surface area contributed by atoms with Gasteiger partial charge in [0.05, 0.1) is 4.91 Å². The molecule has 1 aromatic rings. The lowest BCUT2D eigenvalue weighted by Crippen LogP contribution is -2.31. The van der Waals surface area contributed by atoms with E-state index in [0.29, 0.717) is 23.4 Å². The Hall–Kier alpha value is -1.62. The van der Waals surface area contributed by atoms with Crippen molar-refractivity contribution in [3.05, 3.63) is 34.5 Å². The minimum absolute atomic E-state index is 0.00843. The molecule has 5 heteroatoms. The fourth-order valence-corrected chi connectivity index (χ4v) is 3.05. The minimum atomic E-state index is -0.00843. The third-order valence-electron chi connectivity index (χ3n) is 3.07. The monoisotopic (exact) mass is 247 g/mol. The van der Waals surface area contributed by atoms with E-state index in [4.69, 9.17) is 0 Å². The number of hydrogen-bond donors (Lipinski definition) is 0. The van der Waals surface area contributed by atoms with Gasteiger partial charge in [-0.25, -0.2) is 4.98 Å². The quantitative estimate of drug-likeness (QED) is 0.742. The van der Waals surface area contributed by atoms with Gasteiger partial charge in [0.1, 0.15) is 11.3 Å². The highest BCUT2D eigenvalue weighted by atomic mass is 32.2. The van der Waals surface area contributed by atoms with Gasteiger partial charge in [0.25, 0.3) is 5.91 Å². The average molecular weight is 247 g/mol. The number of fused-ring (bicyclic) bond motifs is 3. The first-order valence-corrected chi connectivity index (χ1v) is 6.61.